The van der Waals surface area contributed by atoms with Crippen molar-refractivity contribution in [2.75, 3.05) is 21.3 Å². The maximum absolute atomic E-state index is 10.4. The van der Waals surface area contributed by atoms with Gasteiger partial charge in [0.05, 0.1) is 14.2 Å². The van der Waals surface area contributed by atoms with Gasteiger partial charge >= 0.3 is 0 Å². The highest BCUT2D eigenvalue weighted by molar-refractivity contribution is 5.88. The van der Waals surface area contributed by atoms with Gasteiger partial charge in [-0.25, -0.2) is 0 Å². The maximum atomic E-state index is 10.4. The zero-order chi connectivity index (χ0) is 17.8. The predicted octanol–water partition coefficient (Wildman–Crippen LogP) is 4.19. The van der Waals surface area contributed by atoms with E-state index in [1.165, 1.54) is 5.56 Å². The summed E-state index contributed by atoms with van der Waals surface area (Å²) < 4.78 is 10.6. The number of rotatable bonds is 6. The number of benzene rings is 3. The lowest BCUT2D eigenvalue weighted by molar-refractivity contribution is 0.313. The lowest BCUT2D eigenvalue weighted by Gasteiger charge is -2.19. The minimum atomic E-state index is 0.304. The molecule has 3 aromatic carbocycles. The van der Waals surface area contributed by atoms with Gasteiger partial charge in [0, 0.05) is 18.7 Å². The van der Waals surface area contributed by atoms with E-state index < -0.39 is 0 Å². The first-order chi connectivity index (χ1) is 12.1. The number of methoxy groups -OCH3 is 2. The molecule has 130 valence electrons. The molecule has 0 spiro atoms. The summed E-state index contributed by atoms with van der Waals surface area (Å²) in [5, 5.41) is 12.5. The summed E-state index contributed by atoms with van der Waals surface area (Å²) in [7, 11) is 5.36. The molecule has 0 bridgehead atoms. The number of phenols is 1. The van der Waals surface area contributed by atoms with E-state index >= 15 is 0 Å². The molecule has 3 rings (SSSR count). The Kier molecular flexibility index (Phi) is 5.10. The minimum Gasteiger partial charge on any atom is -0.508 e. The molecule has 3 aromatic rings. The first-order valence-corrected chi connectivity index (χ1v) is 8.21. The first-order valence-electron chi connectivity index (χ1n) is 8.21. The summed E-state index contributed by atoms with van der Waals surface area (Å²) >= 11 is 0. The number of fused-ring (bicyclic) bond motifs is 1. The van der Waals surface area contributed by atoms with Gasteiger partial charge in [0.2, 0.25) is 0 Å². The molecule has 4 heteroatoms. The highest BCUT2D eigenvalue weighted by Crippen LogP contribution is 2.31. The van der Waals surface area contributed by atoms with Gasteiger partial charge in [0.15, 0.2) is 0 Å². The lowest BCUT2D eigenvalue weighted by atomic mass is 10.0. The maximum Gasteiger partial charge on any atom is 0.120 e. The number of ether oxygens (including phenoxy) is 2. The van der Waals surface area contributed by atoms with E-state index in [4.69, 9.17) is 9.47 Å². The molecule has 0 atom stereocenters. The van der Waals surface area contributed by atoms with Gasteiger partial charge in [-0.15, -0.1) is 0 Å². The van der Waals surface area contributed by atoms with Crippen molar-refractivity contribution in [1.82, 2.24) is 4.90 Å². The molecule has 0 amide bonds. The fourth-order valence-electron chi connectivity index (χ4n) is 3.05. The van der Waals surface area contributed by atoms with E-state index in [0.717, 1.165) is 34.4 Å². The highest BCUT2D eigenvalue weighted by Gasteiger charge is 2.11. The van der Waals surface area contributed by atoms with E-state index in [1.807, 2.05) is 49.5 Å². The molecular weight excluding hydrogens is 314 g/mol. The molecule has 0 aliphatic rings. The van der Waals surface area contributed by atoms with E-state index in [1.54, 1.807) is 20.3 Å². The zero-order valence-corrected chi connectivity index (χ0v) is 14.8. The van der Waals surface area contributed by atoms with Gasteiger partial charge in [0.1, 0.15) is 17.2 Å². The molecule has 0 heterocycles. The van der Waals surface area contributed by atoms with E-state index in [-0.39, 0.29) is 0 Å². The fourth-order valence-corrected chi connectivity index (χ4v) is 3.05. The van der Waals surface area contributed by atoms with Crippen LogP contribution in [0.4, 0.5) is 0 Å². The van der Waals surface area contributed by atoms with Crippen LogP contribution in [0.2, 0.25) is 0 Å². The third-order valence-corrected chi connectivity index (χ3v) is 4.33. The SMILES string of the molecule is COc1cccc(CN(C)Cc2c(O)ccc3ccc(OC)cc23)c1. The molecule has 4 nitrogen and oxygen atoms in total. The van der Waals surface area contributed by atoms with Gasteiger partial charge in [-0.3, -0.25) is 4.90 Å². The van der Waals surface area contributed by atoms with E-state index in [0.29, 0.717) is 12.3 Å². The summed E-state index contributed by atoms with van der Waals surface area (Å²) in [6, 6.07) is 17.6. The predicted molar refractivity (Wildman–Crippen MR) is 100 cm³/mol. The van der Waals surface area contributed by atoms with Crippen LogP contribution >= 0.6 is 0 Å². The molecule has 0 unspecified atom stereocenters. The van der Waals surface area contributed by atoms with Crippen LogP contribution in [-0.4, -0.2) is 31.3 Å². The number of hydrogen-bond donors (Lipinski definition) is 1. The Morgan fingerprint density at radius 2 is 1.60 bits per heavy atom. The Morgan fingerprint density at radius 3 is 2.36 bits per heavy atom. The topological polar surface area (TPSA) is 41.9 Å². The van der Waals surface area contributed by atoms with E-state index in [2.05, 4.69) is 11.0 Å². The molecule has 0 saturated carbocycles. The monoisotopic (exact) mass is 337 g/mol. The molecular formula is C21H23NO3. The largest absolute Gasteiger partial charge is 0.508 e. The van der Waals surface area contributed by atoms with Crippen molar-refractivity contribution in [2.45, 2.75) is 13.1 Å². The summed E-state index contributed by atoms with van der Waals surface area (Å²) in [5.74, 6) is 1.94. The van der Waals surface area contributed by atoms with Crippen molar-refractivity contribution in [2.24, 2.45) is 0 Å². The van der Waals surface area contributed by atoms with Crippen LogP contribution in [0.5, 0.6) is 17.2 Å². The Morgan fingerprint density at radius 1 is 0.880 bits per heavy atom. The van der Waals surface area contributed by atoms with Crippen molar-refractivity contribution in [3.63, 3.8) is 0 Å². The molecule has 0 aliphatic heterocycles. The van der Waals surface area contributed by atoms with Crippen molar-refractivity contribution in [1.29, 1.82) is 0 Å². The standard InChI is InChI=1S/C21H23NO3/c1-22(13-15-5-4-6-17(11-15)24-2)14-20-19-12-18(25-3)9-7-16(19)8-10-21(20)23/h4-12,23H,13-14H2,1-3H3. The van der Waals surface area contributed by atoms with Crippen LogP contribution in [0.25, 0.3) is 10.8 Å². The van der Waals surface area contributed by atoms with Crippen LogP contribution in [0.3, 0.4) is 0 Å². The van der Waals surface area contributed by atoms with Gasteiger partial charge in [0.25, 0.3) is 0 Å². The Hall–Kier alpha value is -2.72. The zero-order valence-electron chi connectivity index (χ0n) is 14.8. The summed E-state index contributed by atoms with van der Waals surface area (Å²) in [6.07, 6.45) is 0. The second kappa shape index (κ2) is 7.45. The van der Waals surface area contributed by atoms with Gasteiger partial charge in [-0.1, -0.05) is 24.3 Å². The molecule has 0 aromatic heterocycles. The van der Waals surface area contributed by atoms with Crippen LogP contribution in [0, 0.1) is 0 Å². The normalized spacial score (nSPS) is 11.0. The van der Waals surface area contributed by atoms with Crippen molar-refractivity contribution < 1.29 is 14.6 Å². The second-order valence-corrected chi connectivity index (χ2v) is 6.17. The van der Waals surface area contributed by atoms with Crippen LogP contribution < -0.4 is 9.47 Å². The molecule has 0 aliphatic carbocycles. The number of aromatic hydroxyl groups is 1. The van der Waals surface area contributed by atoms with Crippen molar-refractivity contribution in [3.8, 4) is 17.2 Å². The van der Waals surface area contributed by atoms with Gasteiger partial charge in [-0.05, 0) is 53.7 Å². The van der Waals surface area contributed by atoms with Crippen LogP contribution in [0.1, 0.15) is 11.1 Å². The minimum absolute atomic E-state index is 0.304. The smallest absolute Gasteiger partial charge is 0.120 e. The first kappa shape index (κ1) is 17.1. The molecule has 0 radical (unpaired) electrons. The highest BCUT2D eigenvalue weighted by atomic mass is 16.5. The fraction of sp³-hybridized carbons (Fsp3) is 0.238. The molecule has 0 saturated heterocycles. The average molecular weight is 337 g/mol. The van der Waals surface area contributed by atoms with Crippen LogP contribution in [0.15, 0.2) is 54.6 Å². The number of nitrogens with zero attached hydrogens (tertiary/aromatic N) is 1. The van der Waals surface area contributed by atoms with Crippen molar-refractivity contribution in [3.05, 3.63) is 65.7 Å². The van der Waals surface area contributed by atoms with Crippen LogP contribution in [-0.2, 0) is 13.1 Å². The van der Waals surface area contributed by atoms with Crippen molar-refractivity contribution >= 4 is 10.8 Å². The second-order valence-electron chi connectivity index (χ2n) is 6.17. The Balaban J connectivity index is 1.87. The number of hydrogen-bond acceptors (Lipinski definition) is 4. The summed E-state index contributed by atoms with van der Waals surface area (Å²) in [5.41, 5.74) is 2.07. The quantitative estimate of drug-likeness (QED) is 0.732. The average Bonchev–Trinajstić information content (AvgIpc) is 2.63. The lowest BCUT2D eigenvalue weighted by Crippen LogP contribution is -2.17. The van der Waals surface area contributed by atoms with E-state index in [9.17, 15) is 5.11 Å². The Labute approximate surface area is 148 Å². The summed E-state index contributed by atoms with van der Waals surface area (Å²) in [4.78, 5) is 2.17. The molecule has 0 fully saturated rings. The third kappa shape index (κ3) is 3.86. The van der Waals surface area contributed by atoms with Gasteiger partial charge in [-0.2, -0.15) is 0 Å². The van der Waals surface area contributed by atoms with Gasteiger partial charge < -0.3 is 14.6 Å². The number of phenolic OH excluding ortho intramolecular Hbond substituents is 1. The Bertz CT molecular complexity index is 876. The molecule has 1 N–H and O–H groups in total. The summed E-state index contributed by atoms with van der Waals surface area (Å²) in [6.45, 7) is 1.39. The molecule has 25 heavy (non-hydrogen) atoms. The third-order valence-electron chi connectivity index (χ3n) is 4.33.